The van der Waals surface area contributed by atoms with Gasteiger partial charge in [-0.2, -0.15) is 0 Å². The van der Waals surface area contributed by atoms with Crippen LogP contribution in [0.1, 0.15) is 30.7 Å². The first kappa shape index (κ1) is 17.9. The van der Waals surface area contributed by atoms with Crippen LogP contribution >= 0.6 is 27.3 Å². The molecule has 1 aromatic heterocycles. The Bertz CT molecular complexity index is 736. The third kappa shape index (κ3) is 4.23. The number of hydrogen-bond donors (Lipinski definition) is 2. The molecule has 2 atom stereocenters. The molecule has 2 aromatic rings. The average molecular weight is 433 g/mol. The first-order valence-corrected chi connectivity index (χ1v) is 10.9. The van der Waals surface area contributed by atoms with Crippen molar-refractivity contribution >= 4 is 38.2 Å². The number of thiophene rings is 1. The number of benzene rings is 1. The lowest BCUT2D eigenvalue weighted by molar-refractivity contribution is 0.462. The van der Waals surface area contributed by atoms with Crippen molar-refractivity contribution in [3.05, 3.63) is 51.8 Å². The van der Waals surface area contributed by atoms with Crippen molar-refractivity contribution in [1.29, 1.82) is 0 Å². The van der Waals surface area contributed by atoms with E-state index < -0.39 is 0 Å². The van der Waals surface area contributed by atoms with Gasteiger partial charge in [0.05, 0.1) is 5.00 Å². The molecule has 1 saturated heterocycles. The molecule has 1 aliphatic carbocycles. The van der Waals surface area contributed by atoms with Gasteiger partial charge in [0.2, 0.25) is 0 Å². The van der Waals surface area contributed by atoms with Crippen molar-refractivity contribution < 1.29 is 0 Å². The van der Waals surface area contributed by atoms with Gasteiger partial charge in [0.25, 0.3) is 0 Å². The van der Waals surface area contributed by atoms with Gasteiger partial charge in [0.1, 0.15) is 0 Å². The van der Waals surface area contributed by atoms with E-state index in [2.05, 4.69) is 78.2 Å². The minimum atomic E-state index is 0.494. The number of rotatable bonds is 4. The van der Waals surface area contributed by atoms with Gasteiger partial charge in [-0.15, -0.1) is 11.3 Å². The minimum absolute atomic E-state index is 0.494. The molecule has 4 rings (SSSR count). The molecule has 1 aliphatic heterocycles. The van der Waals surface area contributed by atoms with Crippen molar-refractivity contribution in [2.45, 2.75) is 37.3 Å². The molecular formula is C20H25BrN4S. The first-order chi connectivity index (χ1) is 12.7. The van der Waals surface area contributed by atoms with Crippen LogP contribution in [0.2, 0.25) is 0 Å². The molecule has 6 heteroatoms. The van der Waals surface area contributed by atoms with E-state index in [0.29, 0.717) is 18.0 Å². The first-order valence-electron chi connectivity index (χ1n) is 9.26. The second-order valence-corrected chi connectivity index (χ2v) is 8.92. The Hall–Kier alpha value is -1.53. The monoisotopic (exact) mass is 432 g/mol. The predicted molar refractivity (Wildman–Crippen MR) is 114 cm³/mol. The standard InChI is InChI=1S/C20H25BrN4S/c1-22-20(24-18-13-17(18)14-4-6-15(21)7-5-14)23-16-8-10-25(11-9-16)19-3-2-12-26-19/h2-7,12,16-18H,8-11,13H2,1H3,(H2,22,23,24). The third-order valence-corrected chi connectivity index (χ3v) is 6.75. The molecular weight excluding hydrogens is 408 g/mol. The highest BCUT2D eigenvalue weighted by molar-refractivity contribution is 9.10. The van der Waals surface area contributed by atoms with Crippen molar-refractivity contribution in [3.8, 4) is 0 Å². The van der Waals surface area contributed by atoms with Crippen LogP contribution in [0.25, 0.3) is 0 Å². The Morgan fingerprint density at radius 2 is 1.92 bits per heavy atom. The highest BCUT2D eigenvalue weighted by Crippen LogP contribution is 2.41. The van der Waals surface area contributed by atoms with Gasteiger partial charge in [-0.1, -0.05) is 28.1 Å². The number of nitrogens with one attached hydrogen (secondary N) is 2. The van der Waals surface area contributed by atoms with E-state index in [4.69, 9.17) is 0 Å². The van der Waals surface area contributed by atoms with E-state index in [1.165, 1.54) is 17.0 Å². The molecule has 2 N–H and O–H groups in total. The molecule has 138 valence electrons. The molecule has 0 amide bonds. The molecule has 4 nitrogen and oxygen atoms in total. The predicted octanol–water partition coefficient (Wildman–Crippen LogP) is 4.20. The number of guanidine groups is 1. The Labute approximate surface area is 167 Å². The van der Waals surface area contributed by atoms with E-state index in [1.807, 2.05) is 18.4 Å². The summed E-state index contributed by atoms with van der Waals surface area (Å²) in [6.07, 6.45) is 3.48. The summed E-state index contributed by atoms with van der Waals surface area (Å²) in [6.45, 7) is 2.22. The number of halogens is 1. The fourth-order valence-electron chi connectivity index (χ4n) is 3.67. The lowest BCUT2D eigenvalue weighted by Crippen LogP contribution is -2.49. The lowest BCUT2D eigenvalue weighted by atomic mass is 10.1. The van der Waals surface area contributed by atoms with Crippen LogP contribution in [0.3, 0.4) is 0 Å². The van der Waals surface area contributed by atoms with E-state index in [-0.39, 0.29) is 0 Å². The fraction of sp³-hybridized carbons (Fsp3) is 0.450. The fourth-order valence-corrected chi connectivity index (χ4v) is 4.72. The summed E-state index contributed by atoms with van der Waals surface area (Å²) >= 11 is 5.34. The van der Waals surface area contributed by atoms with E-state index in [9.17, 15) is 0 Å². The number of hydrogen-bond acceptors (Lipinski definition) is 3. The summed E-state index contributed by atoms with van der Waals surface area (Å²) in [5, 5.41) is 10.8. The Morgan fingerprint density at radius 1 is 1.15 bits per heavy atom. The Morgan fingerprint density at radius 3 is 2.58 bits per heavy atom. The van der Waals surface area contributed by atoms with Crippen LogP contribution in [-0.4, -0.2) is 38.2 Å². The summed E-state index contributed by atoms with van der Waals surface area (Å²) < 4.78 is 1.14. The zero-order chi connectivity index (χ0) is 17.9. The number of anilines is 1. The van der Waals surface area contributed by atoms with Gasteiger partial charge < -0.3 is 15.5 Å². The van der Waals surface area contributed by atoms with E-state index in [1.54, 1.807) is 0 Å². The highest BCUT2D eigenvalue weighted by Gasteiger charge is 2.39. The average Bonchev–Trinajstić information content (AvgIpc) is 3.21. The topological polar surface area (TPSA) is 39.7 Å². The zero-order valence-electron chi connectivity index (χ0n) is 15.0. The second kappa shape index (κ2) is 8.01. The number of aliphatic imine (C=N–C) groups is 1. The molecule has 1 saturated carbocycles. The Balaban J connectivity index is 1.25. The molecule has 0 spiro atoms. The summed E-state index contributed by atoms with van der Waals surface area (Å²) in [4.78, 5) is 6.94. The van der Waals surface area contributed by atoms with Gasteiger partial charge in [0.15, 0.2) is 5.96 Å². The molecule has 1 aromatic carbocycles. The van der Waals surface area contributed by atoms with Gasteiger partial charge >= 0.3 is 0 Å². The molecule has 26 heavy (non-hydrogen) atoms. The maximum absolute atomic E-state index is 4.45. The number of piperidine rings is 1. The third-order valence-electron chi connectivity index (χ3n) is 5.29. The molecule has 2 heterocycles. The Kier molecular flexibility index (Phi) is 5.50. The van der Waals surface area contributed by atoms with Crippen molar-refractivity contribution in [2.24, 2.45) is 4.99 Å². The van der Waals surface area contributed by atoms with Crippen molar-refractivity contribution in [1.82, 2.24) is 10.6 Å². The van der Waals surface area contributed by atoms with Crippen LogP contribution in [-0.2, 0) is 0 Å². The summed E-state index contributed by atoms with van der Waals surface area (Å²) in [5.74, 6) is 1.55. The second-order valence-electron chi connectivity index (χ2n) is 7.07. The van der Waals surface area contributed by atoms with Crippen molar-refractivity contribution in [3.63, 3.8) is 0 Å². The molecule has 2 aliphatic rings. The van der Waals surface area contributed by atoms with Crippen LogP contribution < -0.4 is 15.5 Å². The summed E-state index contributed by atoms with van der Waals surface area (Å²) in [6, 6.07) is 14.0. The smallest absolute Gasteiger partial charge is 0.191 e. The lowest BCUT2D eigenvalue weighted by Gasteiger charge is -2.33. The molecule has 0 radical (unpaired) electrons. The number of nitrogens with zero attached hydrogens (tertiary/aromatic N) is 2. The summed E-state index contributed by atoms with van der Waals surface area (Å²) in [7, 11) is 1.87. The molecule has 0 bridgehead atoms. The van der Waals surface area contributed by atoms with Crippen LogP contribution in [0.5, 0.6) is 0 Å². The zero-order valence-corrected chi connectivity index (χ0v) is 17.4. The van der Waals surface area contributed by atoms with Gasteiger partial charge in [-0.05, 0) is 54.5 Å². The van der Waals surface area contributed by atoms with Crippen LogP contribution in [0, 0.1) is 0 Å². The van der Waals surface area contributed by atoms with Gasteiger partial charge in [0, 0.05) is 42.6 Å². The van der Waals surface area contributed by atoms with Crippen LogP contribution in [0.15, 0.2) is 51.2 Å². The van der Waals surface area contributed by atoms with E-state index >= 15 is 0 Å². The quantitative estimate of drug-likeness (QED) is 0.561. The van der Waals surface area contributed by atoms with E-state index in [0.717, 1.165) is 36.4 Å². The molecule has 2 unspecified atom stereocenters. The maximum Gasteiger partial charge on any atom is 0.191 e. The van der Waals surface area contributed by atoms with Gasteiger partial charge in [-0.3, -0.25) is 4.99 Å². The summed E-state index contributed by atoms with van der Waals surface area (Å²) in [5.41, 5.74) is 1.41. The maximum atomic E-state index is 4.45. The SMILES string of the molecule is CN=C(NC1CCN(c2cccs2)CC1)NC1CC1c1ccc(Br)cc1. The normalized spacial score (nSPS) is 23.8. The highest BCUT2D eigenvalue weighted by atomic mass is 79.9. The largest absolute Gasteiger partial charge is 0.363 e. The van der Waals surface area contributed by atoms with Crippen LogP contribution in [0.4, 0.5) is 5.00 Å². The van der Waals surface area contributed by atoms with Gasteiger partial charge in [-0.25, -0.2) is 0 Å². The van der Waals surface area contributed by atoms with Crippen molar-refractivity contribution in [2.75, 3.05) is 25.0 Å². The minimum Gasteiger partial charge on any atom is -0.363 e. The molecule has 2 fully saturated rings.